The fourth-order valence-corrected chi connectivity index (χ4v) is 3.91. The quantitative estimate of drug-likeness (QED) is 0.633. The predicted molar refractivity (Wildman–Crippen MR) is 114 cm³/mol. The van der Waals surface area contributed by atoms with Crippen LogP contribution >= 0.6 is 11.6 Å². The molecule has 0 aliphatic carbocycles. The second-order valence-electron chi connectivity index (χ2n) is 7.12. The molecule has 2 aliphatic rings. The van der Waals surface area contributed by atoms with Gasteiger partial charge in [0.05, 0.1) is 5.92 Å². The number of fused-ring (bicyclic) bond motifs is 2. The molecule has 7 heteroatoms. The number of nitrogens with zero attached hydrogens (tertiary/aromatic N) is 1. The van der Waals surface area contributed by atoms with Gasteiger partial charge >= 0.3 is 0 Å². The summed E-state index contributed by atoms with van der Waals surface area (Å²) in [4.78, 5) is 0. The first-order valence-electron chi connectivity index (χ1n) is 9.61. The maximum absolute atomic E-state index is 9.74. The number of hydrogen-bond donors (Lipinski definition) is 1. The van der Waals surface area contributed by atoms with E-state index in [-0.39, 0.29) is 18.6 Å². The second kappa shape index (κ2) is 7.78. The van der Waals surface area contributed by atoms with E-state index >= 15 is 0 Å². The van der Waals surface area contributed by atoms with Crippen LogP contribution in [0.2, 0.25) is 5.02 Å². The highest BCUT2D eigenvalue weighted by molar-refractivity contribution is 6.31. The molecule has 3 aromatic carbocycles. The summed E-state index contributed by atoms with van der Waals surface area (Å²) in [6.07, 6.45) is 0. The normalized spacial score (nSPS) is 16.3. The van der Waals surface area contributed by atoms with Gasteiger partial charge in [0.25, 0.3) is 0 Å². The highest BCUT2D eigenvalue weighted by atomic mass is 35.5. The molecule has 0 radical (unpaired) electrons. The Morgan fingerprint density at radius 3 is 2.52 bits per heavy atom. The molecule has 1 atom stereocenters. The monoisotopic (exact) mass is 432 g/mol. The fourth-order valence-electron chi connectivity index (χ4n) is 3.72. The number of ether oxygens (including phenoxy) is 4. The molecule has 0 aromatic heterocycles. The number of nitrogens with two attached hydrogens (primary N) is 1. The van der Waals surface area contributed by atoms with Crippen molar-refractivity contribution in [1.82, 2.24) is 0 Å². The van der Waals surface area contributed by atoms with Crippen LogP contribution in [0.4, 0.5) is 0 Å². The first kappa shape index (κ1) is 19.2. The van der Waals surface area contributed by atoms with Gasteiger partial charge in [-0.25, -0.2) is 0 Å². The van der Waals surface area contributed by atoms with Crippen LogP contribution in [0.15, 0.2) is 72.1 Å². The summed E-state index contributed by atoms with van der Waals surface area (Å²) in [5.74, 6) is 2.14. The number of nitriles is 1. The molecule has 0 saturated carbocycles. The summed E-state index contributed by atoms with van der Waals surface area (Å²) < 4.78 is 22.5. The topological polar surface area (TPSA) is 86.7 Å². The Balaban J connectivity index is 1.45. The van der Waals surface area contributed by atoms with Gasteiger partial charge < -0.3 is 24.7 Å². The molecule has 0 amide bonds. The molecule has 0 saturated heterocycles. The SMILES string of the molecule is N#CC1=C(N)Oc2cc3c(cc2[C@H]1c1ccc(OCc2ccccc2Cl)cc1)OCO3. The first-order chi connectivity index (χ1) is 15.1. The third kappa shape index (κ3) is 3.49. The molecule has 3 aromatic rings. The van der Waals surface area contributed by atoms with E-state index in [0.29, 0.717) is 40.2 Å². The molecule has 0 unspecified atom stereocenters. The van der Waals surface area contributed by atoms with Crippen LogP contribution in [0.25, 0.3) is 0 Å². The second-order valence-corrected chi connectivity index (χ2v) is 7.52. The molecule has 6 nitrogen and oxygen atoms in total. The molecule has 0 spiro atoms. The van der Waals surface area contributed by atoms with E-state index < -0.39 is 0 Å². The molecule has 31 heavy (non-hydrogen) atoms. The molecule has 2 aliphatic heterocycles. The van der Waals surface area contributed by atoms with Crippen molar-refractivity contribution in [3.05, 3.63) is 93.8 Å². The Hall–Kier alpha value is -3.82. The number of rotatable bonds is 4. The summed E-state index contributed by atoms with van der Waals surface area (Å²) in [7, 11) is 0. The van der Waals surface area contributed by atoms with E-state index in [1.807, 2.05) is 54.6 Å². The third-order valence-corrected chi connectivity index (χ3v) is 5.64. The van der Waals surface area contributed by atoms with Crippen molar-refractivity contribution >= 4 is 11.6 Å². The van der Waals surface area contributed by atoms with Crippen LogP contribution in [0.3, 0.4) is 0 Å². The molecule has 154 valence electrons. The Kier molecular flexibility index (Phi) is 4.81. The van der Waals surface area contributed by atoms with Crippen LogP contribution in [0, 0.1) is 11.3 Å². The van der Waals surface area contributed by atoms with Crippen molar-refractivity contribution < 1.29 is 18.9 Å². The van der Waals surface area contributed by atoms with Gasteiger partial charge in [0.1, 0.15) is 29.7 Å². The Labute approximate surface area is 184 Å². The average molecular weight is 433 g/mol. The summed E-state index contributed by atoms with van der Waals surface area (Å²) in [5, 5.41) is 10.4. The summed E-state index contributed by atoms with van der Waals surface area (Å²) in [5.41, 5.74) is 8.98. The molecule has 0 fully saturated rings. The van der Waals surface area contributed by atoms with E-state index in [1.165, 1.54) is 0 Å². The summed E-state index contributed by atoms with van der Waals surface area (Å²) in [6.45, 7) is 0.507. The maximum atomic E-state index is 9.74. The number of halogens is 1. The number of benzene rings is 3. The molecule has 5 rings (SSSR count). The molecule has 0 bridgehead atoms. The van der Waals surface area contributed by atoms with Crippen LogP contribution in [-0.4, -0.2) is 6.79 Å². The van der Waals surface area contributed by atoms with Crippen LogP contribution in [-0.2, 0) is 6.61 Å². The van der Waals surface area contributed by atoms with Crippen molar-refractivity contribution in [2.24, 2.45) is 5.73 Å². The van der Waals surface area contributed by atoms with E-state index in [4.69, 9.17) is 36.3 Å². The molecular formula is C24H17ClN2O4. The van der Waals surface area contributed by atoms with E-state index in [0.717, 1.165) is 16.7 Å². The minimum atomic E-state index is -0.388. The van der Waals surface area contributed by atoms with Gasteiger partial charge in [0, 0.05) is 22.2 Å². The van der Waals surface area contributed by atoms with Gasteiger partial charge in [0.15, 0.2) is 11.5 Å². The average Bonchev–Trinajstić information content (AvgIpc) is 3.24. The van der Waals surface area contributed by atoms with Crippen LogP contribution in [0.5, 0.6) is 23.0 Å². The lowest BCUT2D eigenvalue weighted by Crippen LogP contribution is -2.21. The van der Waals surface area contributed by atoms with Gasteiger partial charge in [-0.2, -0.15) is 5.26 Å². The van der Waals surface area contributed by atoms with Crippen molar-refractivity contribution in [1.29, 1.82) is 5.26 Å². The minimum Gasteiger partial charge on any atom is -0.489 e. The highest BCUT2D eigenvalue weighted by Gasteiger charge is 2.33. The zero-order chi connectivity index (χ0) is 21.4. The Bertz CT molecular complexity index is 1230. The largest absolute Gasteiger partial charge is 0.489 e. The van der Waals surface area contributed by atoms with Gasteiger partial charge in [-0.15, -0.1) is 0 Å². The standard InChI is InChI=1S/C24H17ClN2O4/c25-19-4-2-1-3-15(19)12-28-16-7-5-14(6-8-16)23-17-9-21-22(30-13-29-21)10-20(17)31-24(27)18(23)11-26/h1-10,23H,12-13,27H2/t23-/m1/s1. The Morgan fingerprint density at radius 2 is 1.77 bits per heavy atom. The zero-order valence-electron chi connectivity index (χ0n) is 16.3. The fraction of sp³-hybridized carbons (Fsp3) is 0.125. The molecule has 2 heterocycles. The third-order valence-electron chi connectivity index (χ3n) is 5.28. The lowest BCUT2D eigenvalue weighted by Gasteiger charge is -2.26. The van der Waals surface area contributed by atoms with Crippen molar-refractivity contribution in [2.75, 3.05) is 6.79 Å². The summed E-state index contributed by atoms with van der Waals surface area (Å²) >= 11 is 6.19. The van der Waals surface area contributed by atoms with Crippen molar-refractivity contribution in [2.45, 2.75) is 12.5 Å². The van der Waals surface area contributed by atoms with Crippen LogP contribution < -0.4 is 24.7 Å². The minimum absolute atomic E-state index is 0.0814. The first-order valence-corrected chi connectivity index (χ1v) is 9.99. The van der Waals surface area contributed by atoms with Crippen molar-refractivity contribution in [3.8, 4) is 29.1 Å². The number of allylic oxidation sites excluding steroid dienone is 1. The maximum Gasteiger partial charge on any atom is 0.231 e. The smallest absolute Gasteiger partial charge is 0.231 e. The zero-order valence-corrected chi connectivity index (χ0v) is 17.1. The van der Waals surface area contributed by atoms with Gasteiger partial charge in [-0.05, 0) is 29.8 Å². The number of hydrogen-bond acceptors (Lipinski definition) is 6. The highest BCUT2D eigenvalue weighted by Crippen LogP contribution is 2.48. The lowest BCUT2D eigenvalue weighted by molar-refractivity contribution is 0.174. The van der Waals surface area contributed by atoms with Gasteiger partial charge in [-0.3, -0.25) is 0 Å². The van der Waals surface area contributed by atoms with Gasteiger partial charge in [0.2, 0.25) is 12.7 Å². The van der Waals surface area contributed by atoms with E-state index in [1.54, 1.807) is 6.07 Å². The Morgan fingerprint density at radius 1 is 1.03 bits per heavy atom. The van der Waals surface area contributed by atoms with Gasteiger partial charge in [-0.1, -0.05) is 41.9 Å². The predicted octanol–water partition coefficient (Wildman–Crippen LogP) is 4.87. The lowest BCUT2D eigenvalue weighted by atomic mass is 9.83. The van der Waals surface area contributed by atoms with Crippen molar-refractivity contribution in [3.63, 3.8) is 0 Å². The molecular weight excluding hydrogens is 416 g/mol. The van der Waals surface area contributed by atoms with Crippen LogP contribution in [0.1, 0.15) is 22.6 Å². The molecule has 2 N–H and O–H groups in total. The van der Waals surface area contributed by atoms with E-state index in [9.17, 15) is 5.26 Å². The summed E-state index contributed by atoms with van der Waals surface area (Å²) in [6, 6.07) is 20.9. The van der Waals surface area contributed by atoms with E-state index in [2.05, 4.69) is 6.07 Å².